The fourth-order valence-electron chi connectivity index (χ4n) is 2.44. The average molecular weight is 234 g/mol. The highest BCUT2D eigenvalue weighted by Crippen LogP contribution is 2.22. The zero-order valence-electron chi connectivity index (χ0n) is 10.6. The summed E-state index contributed by atoms with van der Waals surface area (Å²) in [5.41, 5.74) is 6.90. The van der Waals surface area contributed by atoms with Gasteiger partial charge in [-0.15, -0.1) is 5.10 Å². The van der Waals surface area contributed by atoms with Gasteiger partial charge in [-0.2, -0.15) is 5.10 Å². The highest BCUT2D eigenvalue weighted by molar-refractivity contribution is 5.39. The van der Waals surface area contributed by atoms with Crippen LogP contribution in [0.5, 0.6) is 0 Å². The molecule has 1 saturated heterocycles. The van der Waals surface area contributed by atoms with Gasteiger partial charge < -0.3 is 10.6 Å². The normalized spacial score (nSPS) is 20.6. The predicted molar refractivity (Wildman–Crippen MR) is 70.1 cm³/mol. The Labute approximate surface area is 103 Å². The lowest BCUT2D eigenvalue weighted by atomic mass is 10.0. The second-order valence-corrected chi connectivity index (χ2v) is 4.71. The third-order valence-corrected chi connectivity index (χ3v) is 3.41. The summed E-state index contributed by atoms with van der Waals surface area (Å²) in [4.78, 5) is 2.31. The van der Waals surface area contributed by atoms with Gasteiger partial charge in [-0.25, -0.2) is 0 Å². The van der Waals surface area contributed by atoms with E-state index in [2.05, 4.69) is 34.2 Å². The van der Waals surface area contributed by atoms with Crippen molar-refractivity contribution in [1.82, 2.24) is 10.2 Å². The van der Waals surface area contributed by atoms with Gasteiger partial charge in [0, 0.05) is 19.1 Å². The first kappa shape index (κ1) is 12.3. The second-order valence-electron chi connectivity index (χ2n) is 4.71. The molecule has 94 valence electrons. The SMILES string of the molecule is CCCc1ccc(N2CCCCC2CN)nn1. The number of aryl methyl sites for hydroxylation is 1. The number of nitrogens with zero attached hydrogens (tertiary/aromatic N) is 3. The van der Waals surface area contributed by atoms with E-state index in [1.165, 1.54) is 19.3 Å². The molecule has 4 nitrogen and oxygen atoms in total. The fourth-order valence-corrected chi connectivity index (χ4v) is 2.44. The lowest BCUT2D eigenvalue weighted by Crippen LogP contribution is -2.44. The quantitative estimate of drug-likeness (QED) is 0.862. The lowest BCUT2D eigenvalue weighted by Gasteiger charge is -2.35. The first-order valence-corrected chi connectivity index (χ1v) is 6.64. The molecule has 1 fully saturated rings. The molecule has 4 heteroatoms. The minimum Gasteiger partial charge on any atom is -0.351 e. The Hall–Kier alpha value is -1.16. The van der Waals surface area contributed by atoms with Gasteiger partial charge in [0.2, 0.25) is 0 Å². The summed E-state index contributed by atoms with van der Waals surface area (Å²) in [5.74, 6) is 0.986. The molecule has 1 aromatic heterocycles. The Morgan fingerprint density at radius 3 is 2.88 bits per heavy atom. The highest BCUT2D eigenvalue weighted by atomic mass is 15.3. The van der Waals surface area contributed by atoms with Crippen molar-refractivity contribution >= 4 is 5.82 Å². The van der Waals surface area contributed by atoms with E-state index in [9.17, 15) is 0 Å². The Morgan fingerprint density at radius 2 is 2.24 bits per heavy atom. The lowest BCUT2D eigenvalue weighted by molar-refractivity contribution is 0.460. The standard InChI is InChI=1S/C13H22N4/c1-2-5-11-7-8-13(16-15-11)17-9-4-3-6-12(17)10-14/h7-8,12H,2-6,9-10,14H2,1H3. The van der Waals surface area contributed by atoms with Gasteiger partial charge in [0.15, 0.2) is 5.82 Å². The first-order valence-electron chi connectivity index (χ1n) is 6.64. The summed E-state index contributed by atoms with van der Waals surface area (Å²) >= 11 is 0. The summed E-state index contributed by atoms with van der Waals surface area (Å²) in [7, 11) is 0. The van der Waals surface area contributed by atoms with Gasteiger partial charge in [0.25, 0.3) is 0 Å². The van der Waals surface area contributed by atoms with Crippen molar-refractivity contribution in [2.75, 3.05) is 18.0 Å². The molecule has 1 unspecified atom stereocenters. The second kappa shape index (κ2) is 5.96. The first-order chi connectivity index (χ1) is 8.35. The molecule has 2 N–H and O–H groups in total. The van der Waals surface area contributed by atoms with Crippen molar-refractivity contribution in [3.63, 3.8) is 0 Å². The van der Waals surface area contributed by atoms with Crippen molar-refractivity contribution in [2.45, 2.75) is 45.1 Å². The zero-order valence-corrected chi connectivity index (χ0v) is 10.6. The summed E-state index contributed by atoms with van der Waals surface area (Å²) in [6.45, 7) is 3.92. The van der Waals surface area contributed by atoms with Crippen molar-refractivity contribution in [2.24, 2.45) is 5.73 Å². The molecular weight excluding hydrogens is 212 g/mol. The molecule has 0 amide bonds. The maximum absolute atomic E-state index is 5.82. The summed E-state index contributed by atoms with van der Waals surface area (Å²) in [6.07, 6.45) is 5.81. The smallest absolute Gasteiger partial charge is 0.151 e. The van der Waals surface area contributed by atoms with E-state index in [-0.39, 0.29) is 0 Å². The molecule has 1 atom stereocenters. The number of hydrogen-bond acceptors (Lipinski definition) is 4. The van der Waals surface area contributed by atoms with E-state index in [0.29, 0.717) is 12.6 Å². The topological polar surface area (TPSA) is 55.0 Å². The van der Waals surface area contributed by atoms with Crippen LogP contribution in [0, 0.1) is 0 Å². The monoisotopic (exact) mass is 234 g/mol. The molecule has 1 aliphatic rings. The number of nitrogens with two attached hydrogens (primary N) is 1. The largest absolute Gasteiger partial charge is 0.351 e. The number of anilines is 1. The molecule has 1 aliphatic heterocycles. The fraction of sp³-hybridized carbons (Fsp3) is 0.692. The number of aromatic nitrogens is 2. The van der Waals surface area contributed by atoms with E-state index in [0.717, 1.165) is 30.9 Å². The van der Waals surface area contributed by atoms with Crippen molar-refractivity contribution < 1.29 is 0 Å². The number of hydrogen-bond donors (Lipinski definition) is 1. The molecule has 2 heterocycles. The maximum Gasteiger partial charge on any atom is 0.151 e. The third-order valence-electron chi connectivity index (χ3n) is 3.41. The average Bonchev–Trinajstić information content (AvgIpc) is 2.40. The predicted octanol–water partition coefficient (Wildman–Crippen LogP) is 1.75. The van der Waals surface area contributed by atoms with Gasteiger partial charge in [-0.05, 0) is 37.8 Å². The van der Waals surface area contributed by atoms with Crippen LogP contribution in [0.3, 0.4) is 0 Å². The van der Waals surface area contributed by atoms with Crippen molar-refractivity contribution in [1.29, 1.82) is 0 Å². The van der Waals surface area contributed by atoms with Crippen LogP contribution in [-0.4, -0.2) is 29.3 Å². The van der Waals surface area contributed by atoms with E-state index in [1.54, 1.807) is 0 Å². The van der Waals surface area contributed by atoms with Crippen LogP contribution in [0.4, 0.5) is 5.82 Å². The van der Waals surface area contributed by atoms with Crippen LogP contribution in [0.2, 0.25) is 0 Å². The number of rotatable bonds is 4. The van der Waals surface area contributed by atoms with Crippen LogP contribution >= 0.6 is 0 Å². The molecule has 0 spiro atoms. The molecule has 0 radical (unpaired) electrons. The van der Waals surface area contributed by atoms with E-state index in [1.807, 2.05) is 0 Å². The van der Waals surface area contributed by atoms with Crippen LogP contribution in [-0.2, 0) is 6.42 Å². The van der Waals surface area contributed by atoms with Gasteiger partial charge in [0.1, 0.15) is 0 Å². The third kappa shape index (κ3) is 2.94. The van der Waals surface area contributed by atoms with Gasteiger partial charge >= 0.3 is 0 Å². The van der Waals surface area contributed by atoms with Crippen LogP contribution in [0.25, 0.3) is 0 Å². The number of piperidine rings is 1. The molecular formula is C13H22N4. The molecule has 0 aromatic carbocycles. The summed E-state index contributed by atoms with van der Waals surface area (Å²) in [5, 5.41) is 8.62. The molecule has 17 heavy (non-hydrogen) atoms. The highest BCUT2D eigenvalue weighted by Gasteiger charge is 2.22. The summed E-state index contributed by atoms with van der Waals surface area (Å²) in [6, 6.07) is 4.62. The van der Waals surface area contributed by atoms with Crippen molar-refractivity contribution in [3.05, 3.63) is 17.8 Å². The Morgan fingerprint density at radius 1 is 1.35 bits per heavy atom. The van der Waals surface area contributed by atoms with Gasteiger partial charge in [0.05, 0.1) is 5.69 Å². The molecule has 1 aromatic rings. The molecule has 0 saturated carbocycles. The van der Waals surface area contributed by atoms with Crippen LogP contribution < -0.4 is 10.6 Å². The Balaban J connectivity index is 2.09. The zero-order chi connectivity index (χ0) is 12.1. The van der Waals surface area contributed by atoms with Gasteiger partial charge in [-0.3, -0.25) is 0 Å². The van der Waals surface area contributed by atoms with Crippen LogP contribution in [0.15, 0.2) is 12.1 Å². The molecule has 2 rings (SSSR count). The van der Waals surface area contributed by atoms with Crippen molar-refractivity contribution in [3.8, 4) is 0 Å². The Bertz CT molecular complexity index is 336. The van der Waals surface area contributed by atoms with E-state index < -0.39 is 0 Å². The van der Waals surface area contributed by atoms with Crippen LogP contribution in [0.1, 0.15) is 38.3 Å². The molecule has 0 aliphatic carbocycles. The van der Waals surface area contributed by atoms with Gasteiger partial charge in [-0.1, -0.05) is 13.3 Å². The molecule has 0 bridgehead atoms. The minimum atomic E-state index is 0.440. The van der Waals surface area contributed by atoms with E-state index >= 15 is 0 Å². The van der Waals surface area contributed by atoms with E-state index in [4.69, 9.17) is 5.73 Å². The Kier molecular flexibility index (Phi) is 4.31. The minimum absolute atomic E-state index is 0.440. The maximum atomic E-state index is 5.82. The summed E-state index contributed by atoms with van der Waals surface area (Å²) < 4.78 is 0.